The highest BCUT2D eigenvalue weighted by Crippen LogP contribution is 2.30. The zero-order valence-electron chi connectivity index (χ0n) is 11.4. The molecular formula is C17H19NO2. The molecule has 0 saturated carbocycles. The summed E-state index contributed by atoms with van der Waals surface area (Å²) in [7, 11) is 0. The smallest absolute Gasteiger partial charge is 0.143 e. The molecule has 0 aliphatic carbocycles. The van der Waals surface area contributed by atoms with Crippen molar-refractivity contribution in [2.45, 2.75) is 18.9 Å². The van der Waals surface area contributed by atoms with Crippen molar-refractivity contribution in [1.82, 2.24) is 0 Å². The van der Waals surface area contributed by atoms with Gasteiger partial charge in [-0.05, 0) is 23.3 Å². The molecule has 3 rings (SSSR count). The van der Waals surface area contributed by atoms with Gasteiger partial charge in [0, 0.05) is 12.8 Å². The van der Waals surface area contributed by atoms with E-state index in [2.05, 4.69) is 12.1 Å². The highest BCUT2D eigenvalue weighted by atomic mass is 16.5. The minimum atomic E-state index is 0.206. The summed E-state index contributed by atoms with van der Waals surface area (Å²) in [4.78, 5) is 0. The van der Waals surface area contributed by atoms with Crippen LogP contribution in [0.15, 0.2) is 48.5 Å². The van der Waals surface area contributed by atoms with Crippen LogP contribution in [0.5, 0.6) is 5.75 Å². The molecule has 3 nitrogen and oxygen atoms in total. The van der Waals surface area contributed by atoms with E-state index in [1.54, 1.807) is 0 Å². The quantitative estimate of drug-likeness (QED) is 0.867. The number of rotatable bonds is 3. The van der Waals surface area contributed by atoms with Gasteiger partial charge in [0.2, 0.25) is 0 Å². The van der Waals surface area contributed by atoms with E-state index in [0.29, 0.717) is 5.69 Å². The molecule has 2 aromatic carbocycles. The Balaban J connectivity index is 1.83. The average molecular weight is 269 g/mol. The summed E-state index contributed by atoms with van der Waals surface area (Å²) in [6.45, 7) is 1.53. The third-order valence-corrected chi connectivity index (χ3v) is 3.58. The first-order valence-electron chi connectivity index (χ1n) is 7.02. The molecule has 1 heterocycles. The van der Waals surface area contributed by atoms with E-state index >= 15 is 0 Å². The first kappa shape index (κ1) is 13.0. The van der Waals surface area contributed by atoms with Crippen LogP contribution in [0.4, 0.5) is 5.69 Å². The van der Waals surface area contributed by atoms with Crippen molar-refractivity contribution in [2.24, 2.45) is 0 Å². The van der Waals surface area contributed by atoms with E-state index < -0.39 is 0 Å². The van der Waals surface area contributed by atoms with Crippen molar-refractivity contribution < 1.29 is 9.47 Å². The highest BCUT2D eigenvalue weighted by Gasteiger charge is 2.16. The third kappa shape index (κ3) is 2.94. The van der Waals surface area contributed by atoms with Gasteiger partial charge in [-0.25, -0.2) is 0 Å². The topological polar surface area (TPSA) is 44.5 Å². The predicted molar refractivity (Wildman–Crippen MR) is 80.8 cm³/mol. The molecule has 0 atom stereocenters. The summed E-state index contributed by atoms with van der Waals surface area (Å²) in [5.74, 6) is 0.776. The molecule has 104 valence electrons. The number of hydrogen-bond acceptors (Lipinski definition) is 3. The molecule has 0 aromatic heterocycles. The van der Waals surface area contributed by atoms with Gasteiger partial charge in [0.05, 0.1) is 18.9 Å². The SMILES string of the molecule is Nc1ccc(-c2ccccc2)cc1OC1CCOCC1. The van der Waals surface area contributed by atoms with Gasteiger partial charge in [0.25, 0.3) is 0 Å². The first-order valence-corrected chi connectivity index (χ1v) is 7.02. The maximum absolute atomic E-state index is 6.04. The van der Waals surface area contributed by atoms with Crippen molar-refractivity contribution in [3.63, 3.8) is 0 Å². The highest BCUT2D eigenvalue weighted by molar-refractivity contribution is 5.69. The Morgan fingerprint density at radius 3 is 2.45 bits per heavy atom. The van der Waals surface area contributed by atoms with Crippen molar-refractivity contribution in [2.75, 3.05) is 18.9 Å². The van der Waals surface area contributed by atoms with Crippen molar-refractivity contribution >= 4 is 5.69 Å². The molecule has 3 heteroatoms. The molecule has 2 aromatic rings. The van der Waals surface area contributed by atoms with Gasteiger partial charge < -0.3 is 15.2 Å². The first-order chi connectivity index (χ1) is 9.83. The molecule has 0 bridgehead atoms. The second-order valence-electron chi connectivity index (χ2n) is 5.05. The van der Waals surface area contributed by atoms with Gasteiger partial charge in [-0.3, -0.25) is 0 Å². The zero-order valence-corrected chi connectivity index (χ0v) is 11.4. The van der Waals surface area contributed by atoms with E-state index in [0.717, 1.165) is 37.4 Å². The fourth-order valence-corrected chi connectivity index (χ4v) is 2.42. The van der Waals surface area contributed by atoms with Crippen molar-refractivity contribution in [3.8, 4) is 16.9 Å². The summed E-state index contributed by atoms with van der Waals surface area (Å²) in [6, 6.07) is 16.2. The molecule has 1 fully saturated rings. The maximum atomic E-state index is 6.04. The van der Waals surface area contributed by atoms with Gasteiger partial charge in [0.15, 0.2) is 0 Å². The van der Waals surface area contributed by atoms with Crippen molar-refractivity contribution in [1.29, 1.82) is 0 Å². The monoisotopic (exact) mass is 269 g/mol. The molecule has 0 unspecified atom stereocenters. The fourth-order valence-electron chi connectivity index (χ4n) is 2.42. The van der Waals surface area contributed by atoms with Crippen LogP contribution in [-0.2, 0) is 4.74 Å². The fraction of sp³-hybridized carbons (Fsp3) is 0.294. The van der Waals surface area contributed by atoms with E-state index in [4.69, 9.17) is 15.2 Å². The summed E-state index contributed by atoms with van der Waals surface area (Å²) in [5, 5.41) is 0. The number of ether oxygens (including phenoxy) is 2. The van der Waals surface area contributed by atoms with Crippen LogP contribution in [0.2, 0.25) is 0 Å². The lowest BCUT2D eigenvalue weighted by Gasteiger charge is -2.24. The molecule has 2 N–H and O–H groups in total. The molecule has 1 saturated heterocycles. The molecule has 0 amide bonds. The predicted octanol–water partition coefficient (Wildman–Crippen LogP) is 3.49. The Kier molecular flexibility index (Phi) is 3.88. The molecule has 1 aliphatic heterocycles. The lowest BCUT2D eigenvalue weighted by molar-refractivity contribution is 0.0259. The summed E-state index contributed by atoms with van der Waals surface area (Å²) in [6.07, 6.45) is 2.06. The number of hydrogen-bond donors (Lipinski definition) is 1. The van der Waals surface area contributed by atoms with Crippen LogP contribution in [0, 0.1) is 0 Å². The summed E-state index contributed by atoms with van der Waals surface area (Å²) in [5.41, 5.74) is 9.02. The lowest BCUT2D eigenvalue weighted by Crippen LogP contribution is -2.26. The lowest BCUT2D eigenvalue weighted by atomic mass is 10.0. The number of nitrogen functional groups attached to an aromatic ring is 1. The van der Waals surface area contributed by atoms with Gasteiger partial charge in [0.1, 0.15) is 11.9 Å². The zero-order chi connectivity index (χ0) is 13.8. The molecule has 0 radical (unpaired) electrons. The summed E-state index contributed by atoms with van der Waals surface area (Å²) >= 11 is 0. The minimum absolute atomic E-state index is 0.206. The molecular weight excluding hydrogens is 250 g/mol. The second-order valence-corrected chi connectivity index (χ2v) is 5.05. The van der Waals surface area contributed by atoms with E-state index in [-0.39, 0.29) is 6.10 Å². The largest absolute Gasteiger partial charge is 0.488 e. The molecule has 1 aliphatic rings. The average Bonchev–Trinajstić information content (AvgIpc) is 2.51. The van der Waals surface area contributed by atoms with Crippen LogP contribution in [0.3, 0.4) is 0 Å². The van der Waals surface area contributed by atoms with E-state index in [1.165, 1.54) is 5.56 Å². The number of benzene rings is 2. The Morgan fingerprint density at radius 1 is 0.950 bits per heavy atom. The van der Waals surface area contributed by atoms with Gasteiger partial charge in [-0.15, -0.1) is 0 Å². The van der Waals surface area contributed by atoms with Crippen LogP contribution < -0.4 is 10.5 Å². The van der Waals surface area contributed by atoms with Gasteiger partial charge in [-0.2, -0.15) is 0 Å². The van der Waals surface area contributed by atoms with E-state index in [1.807, 2.05) is 36.4 Å². The number of nitrogens with two attached hydrogens (primary N) is 1. The Hall–Kier alpha value is -2.00. The van der Waals surface area contributed by atoms with Gasteiger partial charge in [-0.1, -0.05) is 36.4 Å². The van der Waals surface area contributed by atoms with Crippen molar-refractivity contribution in [3.05, 3.63) is 48.5 Å². The van der Waals surface area contributed by atoms with E-state index in [9.17, 15) is 0 Å². The Bertz CT molecular complexity index is 562. The van der Waals surface area contributed by atoms with Crippen LogP contribution in [0.1, 0.15) is 12.8 Å². The third-order valence-electron chi connectivity index (χ3n) is 3.58. The number of anilines is 1. The second kappa shape index (κ2) is 5.97. The standard InChI is InChI=1S/C17H19NO2/c18-16-7-6-14(13-4-2-1-3-5-13)12-17(16)20-15-8-10-19-11-9-15/h1-7,12,15H,8-11,18H2. The Labute approximate surface area is 119 Å². The van der Waals surface area contributed by atoms with Crippen LogP contribution >= 0.6 is 0 Å². The van der Waals surface area contributed by atoms with Crippen LogP contribution in [-0.4, -0.2) is 19.3 Å². The van der Waals surface area contributed by atoms with Crippen LogP contribution in [0.25, 0.3) is 11.1 Å². The normalized spacial score (nSPS) is 16.0. The minimum Gasteiger partial charge on any atom is -0.488 e. The molecule has 20 heavy (non-hydrogen) atoms. The molecule has 0 spiro atoms. The Morgan fingerprint density at radius 2 is 1.70 bits per heavy atom. The maximum Gasteiger partial charge on any atom is 0.143 e. The summed E-state index contributed by atoms with van der Waals surface area (Å²) < 4.78 is 11.4. The van der Waals surface area contributed by atoms with Gasteiger partial charge >= 0.3 is 0 Å².